The van der Waals surface area contributed by atoms with E-state index in [-0.39, 0.29) is 29.6 Å². The highest BCUT2D eigenvalue weighted by atomic mass is 14.4. The van der Waals surface area contributed by atoms with Crippen molar-refractivity contribution in [3.05, 3.63) is 157 Å². The number of rotatable bonds is 2. The van der Waals surface area contributed by atoms with Gasteiger partial charge >= 0.3 is 0 Å². The van der Waals surface area contributed by atoms with Crippen molar-refractivity contribution < 1.29 is 5.48 Å². The fourth-order valence-corrected chi connectivity index (χ4v) is 7.25. The predicted molar refractivity (Wildman–Crippen MR) is 185 cm³/mol. The van der Waals surface area contributed by atoms with E-state index in [4.69, 9.17) is 0 Å². The molecule has 43 heavy (non-hydrogen) atoms. The SMILES string of the molecule is [2H]c1c([2H])c(-c2cc3ccccc3c3cc4ccccc4cc23)c([2H])c([2H])c1-c1ccc2c(c1)C(C)(C)c1ccc3ccccc3c1-2. The summed E-state index contributed by atoms with van der Waals surface area (Å²) in [7, 11) is 0. The minimum absolute atomic E-state index is 0.0261. The highest BCUT2D eigenvalue weighted by Crippen LogP contribution is 2.52. The van der Waals surface area contributed by atoms with E-state index in [1.807, 2.05) is 42.5 Å². The van der Waals surface area contributed by atoms with Crippen molar-refractivity contribution in [3.63, 3.8) is 0 Å². The van der Waals surface area contributed by atoms with Crippen molar-refractivity contribution in [3.8, 4) is 33.4 Å². The minimum Gasteiger partial charge on any atom is -0.0616 e. The van der Waals surface area contributed by atoms with Crippen LogP contribution >= 0.6 is 0 Å². The molecule has 0 radical (unpaired) electrons. The van der Waals surface area contributed by atoms with E-state index in [0.717, 1.165) is 43.4 Å². The van der Waals surface area contributed by atoms with Crippen LogP contribution in [0.3, 0.4) is 0 Å². The molecule has 0 saturated heterocycles. The van der Waals surface area contributed by atoms with Crippen LogP contribution in [0.4, 0.5) is 0 Å². The molecule has 0 atom stereocenters. The van der Waals surface area contributed by atoms with Gasteiger partial charge in [0, 0.05) is 5.41 Å². The van der Waals surface area contributed by atoms with Crippen LogP contribution in [0.25, 0.3) is 76.5 Å². The molecule has 0 heteroatoms. The van der Waals surface area contributed by atoms with E-state index >= 15 is 0 Å². The summed E-state index contributed by atoms with van der Waals surface area (Å²) >= 11 is 0. The van der Waals surface area contributed by atoms with Crippen LogP contribution in [0, 0.1) is 0 Å². The van der Waals surface area contributed by atoms with Crippen molar-refractivity contribution in [2.75, 3.05) is 0 Å². The molecular formula is C43H30. The van der Waals surface area contributed by atoms with Gasteiger partial charge in [0.05, 0.1) is 5.48 Å². The molecule has 0 aromatic heterocycles. The zero-order valence-electron chi connectivity index (χ0n) is 28.0. The molecule has 0 fully saturated rings. The molecule has 1 aliphatic rings. The van der Waals surface area contributed by atoms with Crippen molar-refractivity contribution in [2.24, 2.45) is 0 Å². The van der Waals surface area contributed by atoms with Crippen molar-refractivity contribution in [2.45, 2.75) is 19.3 Å². The lowest BCUT2D eigenvalue weighted by molar-refractivity contribution is 0.661. The van der Waals surface area contributed by atoms with Gasteiger partial charge in [0.25, 0.3) is 0 Å². The van der Waals surface area contributed by atoms with Crippen molar-refractivity contribution in [1.82, 2.24) is 0 Å². The lowest BCUT2D eigenvalue weighted by Crippen LogP contribution is -2.15. The fraction of sp³-hybridized carbons (Fsp3) is 0.0698. The molecular weight excluding hydrogens is 516 g/mol. The molecule has 0 aliphatic heterocycles. The Morgan fingerprint density at radius 1 is 0.419 bits per heavy atom. The normalized spacial score (nSPS) is 14.8. The van der Waals surface area contributed by atoms with Crippen LogP contribution in [0.2, 0.25) is 0 Å². The zero-order valence-corrected chi connectivity index (χ0v) is 24.0. The zero-order chi connectivity index (χ0) is 32.2. The van der Waals surface area contributed by atoms with Crippen LogP contribution in [-0.2, 0) is 5.41 Å². The molecule has 0 heterocycles. The molecule has 0 saturated carbocycles. The van der Waals surface area contributed by atoms with Crippen LogP contribution in [0.1, 0.15) is 30.5 Å². The molecule has 0 bridgehead atoms. The van der Waals surface area contributed by atoms with Gasteiger partial charge in [-0.05, 0) is 112 Å². The Bertz CT molecular complexity index is 2620. The topological polar surface area (TPSA) is 0 Å². The standard InChI is InChI=1S/C43H30/c1-43(2)40-22-20-28-9-5-8-14-35(28)42(40)36-21-19-32(26-41(36)43)27-15-17-29(18-16-27)37-25-33-12-6-7-13-34(33)38-23-30-10-3-4-11-31(30)24-39(37)38/h3-26H,1-2H3/i15D,16D,17D,18D. The highest BCUT2D eigenvalue weighted by Gasteiger charge is 2.36. The third kappa shape index (κ3) is 3.57. The van der Waals surface area contributed by atoms with Crippen LogP contribution < -0.4 is 0 Å². The lowest BCUT2D eigenvalue weighted by Gasteiger charge is -2.22. The molecule has 8 aromatic carbocycles. The number of hydrogen-bond acceptors (Lipinski definition) is 0. The third-order valence-corrected chi connectivity index (χ3v) is 9.47. The van der Waals surface area contributed by atoms with Crippen LogP contribution in [-0.4, -0.2) is 0 Å². The first-order valence-electron chi connectivity index (χ1n) is 16.9. The quantitative estimate of drug-likeness (QED) is 0.148. The smallest absolute Gasteiger partial charge is 0.0616 e. The fourth-order valence-electron chi connectivity index (χ4n) is 7.25. The summed E-state index contributed by atoms with van der Waals surface area (Å²) in [5.74, 6) is 0. The first kappa shape index (κ1) is 20.6. The number of fused-ring (bicyclic) bond motifs is 9. The summed E-state index contributed by atoms with van der Waals surface area (Å²) in [4.78, 5) is 0. The molecule has 0 spiro atoms. The maximum absolute atomic E-state index is 9.34. The molecule has 0 unspecified atom stereocenters. The second kappa shape index (κ2) is 8.90. The van der Waals surface area contributed by atoms with Gasteiger partial charge in [0.2, 0.25) is 0 Å². The van der Waals surface area contributed by atoms with Crippen molar-refractivity contribution in [1.29, 1.82) is 0 Å². The Balaban J connectivity index is 1.28. The molecule has 9 rings (SSSR count). The van der Waals surface area contributed by atoms with Crippen LogP contribution in [0.15, 0.2) is 145 Å². The van der Waals surface area contributed by atoms with E-state index in [2.05, 4.69) is 92.7 Å². The van der Waals surface area contributed by atoms with Gasteiger partial charge in [0.1, 0.15) is 0 Å². The van der Waals surface area contributed by atoms with Crippen LogP contribution in [0.5, 0.6) is 0 Å². The van der Waals surface area contributed by atoms with Gasteiger partial charge < -0.3 is 0 Å². The average molecular weight is 551 g/mol. The van der Waals surface area contributed by atoms with E-state index in [9.17, 15) is 5.48 Å². The summed E-state index contributed by atoms with van der Waals surface area (Å²) in [5, 5.41) is 8.64. The molecule has 0 N–H and O–H groups in total. The van der Waals surface area contributed by atoms with Gasteiger partial charge in [-0.1, -0.05) is 135 Å². The number of hydrogen-bond donors (Lipinski definition) is 0. The second-order valence-corrected chi connectivity index (χ2v) is 12.2. The van der Waals surface area contributed by atoms with Gasteiger partial charge in [-0.25, -0.2) is 0 Å². The summed E-state index contributed by atoms with van der Waals surface area (Å²) in [5.41, 5.74) is 6.58. The lowest BCUT2D eigenvalue weighted by atomic mass is 9.81. The van der Waals surface area contributed by atoms with Crippen molar-refractivity contribution >= 4 is 43.1 Å². The average Bonchev–Trinajstić information content (AvgIpc) is 3.32. The Kier molecular flexibility index (Phi) is 4.27. The Labute approximate surface area is 257 Å². The van der Waals surface area contributed by atoms with Gasteiger partial charge in [-0.3, -0.25) is 0 Å². The van der Waals surface area contributed by atoms with E-state index in [1.54, 1.807) is 0 Å². The maximum atomic E-state index is 9.34. The minimum atomic E-state index is -0.282. The molecule has 0 nitrogen and oxygen atoms in total. The summed E-state index contributed by atoms with van der Waals surface area (Å²) in [6, 6.07) is 41.6. The largest absolute Gasteiger partial charge is 0.0629 e. The van der Waals surface area contributed by atoms with E-state index < -0.39 is 0 Å². The maximum Gasteiger partial charge on any atom is 0.0629 e. The van der Waals surface area contributed by atoms with Gasteiger partial charge in [-0.15, -0.1) is 0 Å². The van der Waals surface area contributed by atoms with Gasteiger partial charge in [0.15, 0.2) is 0 Å². The third-order valence-electron chi connectivity index (χ3n) is 9.47. The Morgan fingerprint density at radius 2 is 1.05 bits per heavy atom. The first-order valence-corrected chi connectivity index (χ1v) is 14.9. The Hall–Kier alpha value is -5.20. The van der Waals surface area contributed by atoms with Gasteiger partial charge in [-0.2, -0.15) is 0 Å². The van der Waals surface area contributed by atoms with E-state index in [0.29, 0.717) is 22.3 Å². The molecule has 8 aromatic rings. The summed E-state index contributed by atoms with van der Waals surface area (Å²) in [6.45, 7) is 4.45. The summed E-state index contributed by atoms with van der Waals surface area (Å²) in [6.07, 6.45) is 0. The monoisotopic (exact) mass is 550 g/mol. The molecule has 1 aliphatic carbocycles. The first-order chi connectivity index (χ1) is 22.7. The molecule has 0 amide bonds. The highest BCUT2D eigenvalue weighted by molar-refractivity contribution is 6.17. The summed E-state index contributed by atoms with van der Waals surface area (Å²) < 4.78 is 37.3. The van der Waals surface area contributed by atoms with E-state index in [1.165, 1.54) is 21.9 Å². The molecule has 202 valence electrons. The second-order valence-electron chi connectivity index (χ2n) is 12.2. The Morgan fingerprint density at radius 3 is 1.81 bits per heavy atom. The number of benzene rings is 8. The predicted octanol–water partition coefficient (Wildman–Crippen LogP) is 11.9.